The molecule has 0 N–H and O–H groups in total. The van der Waals surface area contributed by atoms with Gasteiger partial charge in [-0.05, 0) is 19.1 Å². The Balaban J connectivity index is 2.37. The van der Waals surface area contributed by atoms with E-state index in [1.807, 2.05) is 6.07 Å². The van der Waals surface area contributed by atoms with Crippen LogP contribution in [0.4, 0.5) is 11.4 Å². The zero-order valence-electron chi connectivity index (χ0n) is 7.33. The lowest BCUT2D eigenvalue weighted by molar-refractivity contribution is 0.722. The van der Waals surface area contributed by atoms with Gasteiger partial charge in [-0.2, -0.15) is 0 Å². The topological polar surface area (TPSA) is 17.3 Å². The van der Waals surface area contributed by atoms with Crippen molar-refractivity contribution < 1.29 is 0 Å². The lowest BCUT2D eigenvalue weighted by Crippen LogP contribution is -2.33. The van der Waals surface area contributed by atoms with Gasteiger partial charge in [-0.1, -0.05) is 12.1 Å². The molecule has 1 aliphatic heterocycles. The summed E-state index contributed by atoms with van der Waals surface area (Å²) in [5.41, 5.74) is 2.43. The molecule has 1 aromatic rings. The molecule has 2 heteroatoms. The number of benzene rings is 1. The van der Waals surface area contributed by atoms with Crippen LogP contribution >= 0.6 is 0 Å². The highest BCUT2D eigenvalue weighted by Gasteiger charge is 2.14. The molecule has 0 spiro atoms. The maximum absolute atomic E-state index is 4.45. The highest BCUT2D eigenvalue weighted by atomic mass is 15.2. The summed E-state index contributed by atoms with van der Waals surface area (Å²) in [5.74, 6) is 0. The molecule has 1 aromatic carbocycles. The van der Waals surface area contributed by atoms with Crippen LogP contribution in [0, 0.1) is 0 Å². The van der Waals surface area contributed by atoms with Crippen LogP contribution in [-0.2, 0) is 0 Å². The molecule has 0 bridgehead atoms. The van der Waals surface area contributed by atoms with Gasteiger partial charge in [0.05, 0.1) is 17.9 Å². The van der Waals surface area contributed by atoms with Gasteiger partial charge in [-0.3, -0.25) is 5.32 Å². The molecule has 2 rings (SSSR count). The van der Waals surface area contributed by atoms with Gasteiger partial charge in [-0.15, -0.1) is 0 Å². The number of hydrogen-bond donors (Lipinski definition) is 0. The summed E-state index contributed by atoms with van der Waals surface area (Å²) in [5, 5.41) is 4.45. The molecule has 0 unspecified atom stereocenters. The number of likely N-dealkylation sites (N-methyl/N-ethyl adjacent to an activating group) is 1. The van der Waals surface area contributed by atoms with E-state index in [9.17, 15) is 0 Å². The number of hydrogen-bond acceptors (Lipinski definition) is 1. The fourth-order valence-corrected chi connectivity index (χ4v) is 1.61. The smallest absolute Gasteiger partial charge is 0.0808 e. The minimum Gasteiger partial charge on any atom is -0.368 e. The Labute approximate surface area is 73.2 Å². The standard InChI is InChI=1S/C10H13N2/c1-2-12-8-7-11-9-5-3-4-6-10(9)12/h3-6H,2,7-8H2,1H3. The monoisotopic (exact) mass is 161 g/mol. The van der Waals surface area contributed by atoms with Crippen molar-refractivity contribution >= 4 is 11.4 Å². The average molecular weight is 161 g/mol. The van der Waals surface area contributed by atoms with Crippen molar-refractivity contribution in [2.45, 2.75) is 6.92 Å². The molecule has 0 atom stereocenters. The summed E-state index contributed by atoms with van der Waals surface area (Å²) in [7, 11) is 0. The van der Waals surface area contributed by atoms with Crippen LogP contribution in [0.5, 0.6) is 0 Å². The van der Waals surface area contributed by atoms with Crippen LogP contribution in [0.25, 0.3) is 0 Å². The zero-order valence-corrected chi connectivity index (χ0v) is 7.33. The van der Waals surface area contributed by atoms with Crippen molar-refractivity contribution in [2.75, 3.05) is 24.5 Å². The molecule has 0 amide bonds. The molecule has 12 heavy (non-hydrogen) atoms. The molecule has 1 radical (unpaired) electrons. The number of rotatable bonds is 1. The van der Waals surface area contributed by atoms with E-state index in [0.717, 1.165) is 25.3 Å². The molecule has 63 valence electrons. The maximum atomic E-state index is 4.45. The first-order valence-corrected chi connectivity index (χ1v) is 4.43. The van der Waals surface area contributed by atoms with Crippen LogP contribution in [0.15, 0.2) is 24.3 Å². The van der Waals surface area contributed by atoms with Crippen molar-refractivity contribution in [1.29, 1.82) is 0 Å². The molecule has 0 saturated heterocycles. The van der Waals surface area contributed by atoms with Gasteiger partial charge >= 0.3 is 0 Å². The number of fused-ring (bicyclic) bond motifs is 1. The quantitative estimate of drug-likeness (QED) is 0.613. The molecule has 1 heterocycles. The third kappa shape index (κ3) is 1.13. The van der Waals surface area contributed by atoms with E-state index < -0.39 is 0 Å². The summed E-state index contributed by atoms with van der Waals surface area (Å²) in [6, 6.07) is 8.34. The molecule has 0 aliphatic carbocycles. The van der Waals surface area contributed by atoms with Crippen LogP contribution < -0.4 is 10.2 Å². The first-order chi connectivity index (χ1) is 5.92. The predicted octanol–water partition coefficient (Wildman–Crippen LogP) is 1.76. The predicted molar refractivity (Wildman–Crippen MR) is 51.0 cm³/mol. The van der Waals surface area contributed by atoms with Gasteiger partial charge in [0, 0.05) is 13.1 Å². The summed E-state index contributed by atoms with van der Waals surface area (Å²) in [4.78, 5) is 2.36. The highest BCUT2D eigenvalue weighted by Crippen LogP contribution is 2.27. The van der Waals surface area contributed by atoms with Gasteiger partial charge in [0.25, 0.3) is 0 Å². The zero-order chi connectivity index (χ0) is 8.39. The Bertz CT molecular complexity index is 270. The molecule has 0 saturated carbocycles. The van der Waals surface area contributed by atoms with Crippen LogP contribution in [0.2, 0.25) is 0 Å². The second-order valence-electron chi connectivity index (χ2n) is 2.95. The third-order valence-electron chi connectivity index (χ3n) is 2.26. The third-order valence-corrected chi connectivity index (χ3v) is 2.26. The van der Waals surface area contributed by atoms with Crippen molar-refractivity contribution in [3.63, 3.8) is 0 Å². The van der Waals surface area contributed by atoms with Gasteiger partial charge < -0.3 is 4.90 Å². The Kier molecular flexibility index (Phi) is 1.90. The maximum Gasteiger partial charge on any atom is 0.0808 e. The Hall–Kier alpha value is -1.18. The van der Waals surface area contributed by atoms with Crippen LogP contribution in [0.3, 0.4) is 0 Å². The average Bonchev–Trinajstić information content (AvgIpc) is 2.17. The van der Waals surface area contributed by atoms with E-state index in [0.29, 0.717) is 0 Å². The minimum atomic E-state index is 0.935. The normalized spacial score (nSPS) is 15.2. The van der Waals surface area contributed by atoms with E-state index in [1.165, 1.54) is 5.69 Å². The minimum absolute atomic E-state index is 0.935. The molecule has 2 nitrogen and oxygen atoms in total. The van der Waals surface area contributed by atoms with Crippen molar-refractivity contribution in [2.24, 2.45) is 0 Å². The number of nitrogens with zero attached hydrogens (tertiary/aromatic N) is 2. The van der Waals surface area contributed by atoms with E-state index in [4.69, 9.17) is 0 Å². The second-order valence-corrected chi connectivity index (χ2v) is 2.95. The van der Waals surface area contributed by atoms with E-state index in [1.54, 1.807) is 0 Å². The SMILES string of the molecule is CCN1CC[N]c2ccccc21. The summed E-state index contributed by atoms with van der Waals surface area (Å²) < 4.78 is 0. The summed E-state index contributed by atoms with van der Waals surface area (Å²) in [6.45, 7) is 5.26. The fourth-order valence-electron chi connectivity index (χ4n) is 1.61. The van der Waals surface area contributed by atoms with Gasteiger partial charge in [0.2, 0.25) is 0 Å². The van der Waals surface area contributed by atoms with Gasteiger partial charge in [0.1, 0.15) is 0 Å². The lowest BCUT2D eigenvalue weighted by Gasteiger charge is -2.29. The van der Waals surface area contributed by atoms with Crippen molar-refractivity contribution in [3.05, 3.63) is 24.3 Å². The Morgan fingerprint density at radius 1 is 1.42 bits per heavy atom. The second kappa shape index (κ2) is 3.05. The van der Waals surface area contributed by atoms with E-state index in [2.05, 4.69) is 35.3 Å². The van der Waals surface area contributed by atoms with Crippen LogP contribution in [-0.4, -0.2) is 19.6 Å². The van der Waals surface area contributed by atoms with E-state index in [-0.39, 0.29) is 0 Å². The Morgan fingerprint density at radius 3 is 3.08 bits per heavy atom. The number of anilines is 1. The summed E-state index contributed by atoms with van der Waals surface area (Å²) >= 11 is 0. The first kappa shape index (κ1) is 7.47. The Morgan fingerprint density at radius 2 is 2.25 bits per heavy atom. The van der Waals surface area contributed by atoms with Gasteiger partial charge in [-0.25, -0.2) is 0 Å². The van der Waals surface area contributed by atoms with Crippen LogP contribution in [0.1, 0.15) is 6.92 Å². The highest BCUT2D eigenvalue weighted by molar-refractivity contribution is 5.67. The lowest BCUT2D eigenvalue weighted by atomic mass is 10.2. The van der Waals surface area contributed by atoms with Crippen molar-refractivity contribution in [3.8, 4) is 0 Å². The molecule has 0 aromatic heterocycles. The van der Waals surface area contributed by atoms with Gasteiger partial charge in [0.15, 0.2) is 0 Å². The summed E-state index contributed by atoms with van der Waals surface area (Å²) in [6.07, 6.45) is 0. The largest absolute Gasteiger partial charge is 0.368 e. The van der Waals surface area contributed by atoms with Crippen molar-refractivity contribution in [1.82, 2.24) is 5.32 Å². The molecular weight excluding hydrogens is 148 g/mol. The molecule has 1 aliphatic rings. The molecular formula is C10H13N2. The molecule has 0 fully saturated rings. The fraction of sp³-hybridized carbons (Fsp3) is 0.400. The number of para-hydroxylation sites is 2. The van der Waals surface area contributed by atoms with E-state index >= 15 is 0 Å². The first-order valence-electron chi connectivity index (χ1n) is 4.43.